The summed E-state index contributed by atoms with van der Waals surface area (Å²) in [6.45, 7) is 6.89. The van der Waals surface area contributed by atoms with Crippen LogP contribution in [0, 0.1) is 13.8 Å². The summed E-state index contributed by atoms with van der Waals surface area (Å²) in [7, 11) is 0. The fourth-order valence-electron chi connectivity index (χ4n) is 2.67. The van der Waals surface area contributed by atoms with Crippen molar-refractivity contribution < 1.29 is 4.74 Å². The molecule has 0 atom stereocenters. The molecule has 2 heterocycles. The molecule has 0 bridgehead atoms. The van der Waals surface area contributed by atoms with Crippen LogP contribution in [0.2, 0.25) is 0 Å². The third-order valence-electron chi connectivity index (χ3n) is 3.97. The second kappa shape index (κ2) is 6.43. The lowest BCUT2D eigenvalue weighted by atomic mass is 10.1. The Morgan fingerprint density at radius 1 is 1.14 bits per heavy atom. The number of ether oxygens (including phenoxy) is 1. The maximum Gasteiger partial charge on any atom is 0.271 e. The van der Waals surface area contributed by atoms with Crippen LogP contribution in [-0.2, 0) is 6.61 Å². The Bertz CT molecular complexity index is 605. The smallest absolute Gasteiger partial charge is 0.271 e. The summed E-state index contributed by atoms with van der Waals surface area (Å²) >= 11 is 1.24. The molecule has 0 unspecified atom stereocenters. The van der Waals surface area contributed by atoms with Crippen molar-refractivity contribution in [1.29, 1.82) is 0 Å². The highest BCUT2D eigenvalue weighted by Gasteiger charge is 2.19. The molecule has 0 aliphatic carbocycles. The summed E-state index contributed by atoms with van der Waals surface area (Å²) in [4.78, 5) is 2.30. The molecule has 0 N–H and O–H groups in total. The Hall–Kier alpha value is -1.62. The molecule has 5 heteroatoms. The molecule has 1 saturated heterocycles. The van der Waals surface area contributed by atoms with Crippen LogP contribution in [0.3, 0.4) is 0 Å². The van der Waals surface area contributed by atoms with Crippen LogP contribution < -0.4 is 9.64 Å². The van der Waals surface area contributed by atoms with Crippen molar-refractivity contribution in [3.63, 3.8) is 0 Å². The van der Waals surface area contributed by atoms with E-state index in [1.165, 1.54) is 47.7 Å². The minimum absolute atomic E-state index is 0.555. The average molecular weight is 303 g/mol. The van der Waals surface area contributed by atoms with Crippen LogP contribution in [0.1, 0.15) is 36.0 Å². The van der Waals surface area contributed by atoms with Gasteiger partial charge in [-0.3, -0.25) is 0 Å². The molecule has 1 fully saturated rings. The monoisotopic (exact) mass is 303 g/mol. The van der Waals surface area contributed by atoms with Gasteiger partial charge in [-0.1, -0.05) is 23.8 Å². The molecule has 112 valence electrons. The molecule has 0 amide bonds. The Morgan fingerprint density at radius 3 is 2.76 bits per heavy atom. The van der Waals surface area contributed by atoms with Crippen molar-refractivity contribution in [2.45, 2.75) is 39.7 Å². The van der Waals surface area contributed by atoms with Gasteiger partial charge in [-0.25, -0.2) is 0 Å². The number of rotatable bonds is 4. The SMILES string of the molecule is Cc1ccc(C)c(COc2nsnc2N2CCCCC2)c1. The fourth-order valence-corrected chi connectivity index (χ4v) is 3.19. The molecule has 21 heavy (non-hydrogen) atoms. The topological polar surface area (TPSA) is 38.3 Å². The second-order valence-electron chi connectivity index (χ2n) is 5.66. The minimum atomic E-state index is 0.555. The summed E-state index contributed by atoms with van der Waals surface area (Å²) in [5.74, 6) is 1.60. The van der Waals surface area contributed by atoms with E-state index in [-0.39, 0.29) is 0 Å². The van der Waals surface area contributed by atoms with E-state index in [2.05, 4.69) is 45.7 Å². The van der Waals surface area contributed by atoms with E-state index in [1.807, 2.05) is 0 Å². The summed E-state index contributed by atoms with van der Waals surface area (Å²) in [5, 5.41) is 0. The van der Waals surface area contributed by atoms with Gasteiger partial charge in [0.25, 0.3) is 5.88 Å². The molecule has 1 aromatic carbocycles. The maximum absolute atomic E-state index is 5.95. The first kappa shape index (κ1) is 14.3. The lowest BCUT2D eigenvalue weighted by Crippen LogP contribution is -2.30. The highest BCUT2D eigenvalue weighted by Crippen LogP contribution is 2.29. The Morgan fingerprint density at radius 2 is 1.95 bits per heavy atom. The number of benzene rings is 1. The Kier molecular flexibility index (Phi) is 4.39. The van der Waals surface area contributed by atoms with E-state index in [9.17, 15) is 0 Å². The first-order valence-electron chi connectivity index (χ1n) is 7.50. The number of nitrogens with zero attached hydrogens (tertiary/aromatic N) is 3. The number of aryl methyl sites for hydroxylation is 2. The molecule has 0 saturated carbocycles. The summed E-state index contributed by atoms with van der Waals surface area (Å²) in [6, 6.07) is 6.44. The van der Waals surface area contributed by atoms with Gasteiger partial charge in [0, 0.05) is 13.1 Å². The van der Waals surface area contributed by atoms with Crippen molar-refractivity contribution >= 4 is 17.5 Å². The average Bonchev–Trinajstić information content (AvgIpc) is 2.97. The van der Waals surface area contributed by atoms with Crippen LogP contribution in [-0.4, -0.2) is 21.8 Å². The lowest BCUT2D eigenvalue weighted by molar-refractivity contribution is 0.295. The number of hydrogen-bond acceptors (Lipinski definition) is 5. The normalized spacial score (nSPS) is 15.2. The zero-order valence-electron chi connectivity index (χ0n) is 12.6. The summed E-state index contributed by atoms with van der Waals surface area (Å²) < 4.78 is 14.7. The van der Waals surface area contributed by atoms with Gasteiger partial charge in [0.05, 0.1) is 11.7 Å². The van der Waals surface area contributed by atoms with Gasteiger partial charge in [-0.15, -0.1) is 4.37 Å². The van der Waals surface area contributed by atoms with Crippen LogP contribution in [0.4, 0.5) is 5.82 Å². The molecule has 2 aromatic rings. The standard InChI is InChI=1S/C16H21N3OS/c1-12-6-7-13(2)14(10-12)11-20-16-15(17-21-18-16)19-8-4-3-5-9-19/h6-7,10H,3-5,8-9,11H2,1-2H3. The summed E-state index contributed by atoms with van der Waals surface area (Å²) in [5.41, 5.74) is 3.72. The number of aromatic nitrogens is 2. The van der Waals surface area contributed by atoms with Crippen molar-refractivity contribution in [3.05, 3.63) is 34.9 Å². The molecular formula is C16H21N3OS. The van der Waals surface area contributed by atoms with Crippen LogP contribution in [0.25, 0.3) is 0 Å². The van der Waals surface area contributed by atoms with Gasteiger partial charge in [0.2, 0.25) is 5.82 Å². The van der Waals surface area contributed by atoms with E-state index in [0.29, 0.717) is 12.5 Å². The van der Waals surface area contributed by atoms with E-state index >= 15 is 0 Å². The number of hydrogen-bond donors (Lipinski definition) is 0. The molecule has 0 spiro atoms. The van der Waals surface area contributed by atoms with Crippen molar-refractivity contribution in [1.82, 2.24) is 8.75 Å². The van der Waals surface area contributed by atoms with E-state index in [1.54, 1.807) is 0 Å². The van der Waals surface area contributed by atoms with Gasteiger partial charge >= 0.3 is 0 Å². The molecular weight excluding hydrogens is 282 g/mol. The van der Waals surface area contributed by atoms with E-state index in [0.717, 1.165) is 18.9 Å². The molecule has 1 aliphatic heterocycles. The molecule has 1 aliphatic rings. The first-order chi connectivity index (χ1) is 10.2. The largest absolute Gasteiger partial charge is 0.470 e. The summed E-state index contributed by atoms with van der Waals surface area (Å²) in [6.07, 6.45) is 3.77. The van der Waals surface area contributed by atoms with Gasteiger partial charge in [-0.2, -0.15) is 4.37 Å². The zero-order valence-corrected chi connectivity index (χ0v) is 13.4. The third kappa shape index (κ3) is 3.35. The van der Waals surface area contributed by atoms with Gasteiger partial charge in [-0.05, 0) is 44.2 Å². The first-order valence-corrected chi connectivity index (χ1v) is 8.23. The lowest BCUT2D eigenvalue weighted by Gasteiger charge is -2.26. The van der Waals surface area contributed by atoms with Crippen LogP contribution in [0.15, 0.2) is 18.2 Å². The van der Waals surface area contributed by atoms with Gasteiger partial charge in [0.15, 0.2) is 0 Å². The zero-order chi connectivity index (χ0) is 14.7. The molecule has 3 rings (SSSR count). The van der Waals surface area contributed by atoms with Crippen LogP contribution >= 0.6 is 11.7 Å². The van der Waals surface area contributed by atoms with Crippen molar-refractivity contribution in [3.8, 4) is 5.88 Å². The highest BCUT2D eigenvalue weighted by molar-refractivity contribution is 6.99. The fraction of sp³-hybridized carbons (Fsp3) is 0.500. The predicted molar refractivity (Wildman–Crippen MR) is 86.2 cm³/mol. The predicted octanol–water partition coefficient (Wildman–Crippen LogP) is 3.72. The molecule has 0 radical (unpaired) electrons. The third-order valence-corrected chi connectivity index (χ3v) is 4.47. The number of piperidine rings is 1. The van der Waals surface area contributed by atoms with Crippen LogP contribution in [0.5, 0.6) is 5.88 Å². The van der Waals surface area contributed by atoms with E-state index in [4.69, 9.17) is 4.74 Å². The van der Waals surface area contributed by atoms with Gasteiger partial charge in [0.1, 0.15) is 6.61 Å². The molecule has 4 nitrogen and oxygen atoms in total. The Labute approximate surface area is 130 Å². The Balaban J connectivity index is 1.71. The van der Waals surface area contributed by atoms with Gasteiger partial charge < -0.3 is 9.64 Å². The van der Waals surface area contributed by atoms with Crippen molar-refractivity contribution in [2.75, 3.05) is 18.0 Å². The minimum Gasteiger partial charge on any atom is -0.470 e. The quantitative estimate of drug-likeness (QED) is 0.862. The number of anilines is 1. The molecule has 1 aromatic heterocycles. The maximum atomic E-state index is 5.95. The van der Waals surface area contributed by atoms with Crippen molar-refractivity contribution in [2.24, 2.45) is 0 Å². The van der Waals surface area contributed by atoms with E-state index < -0.39 is 0 Å². The second-order valence-corrected chi connectivity index (χ2v) is 6.19. The highest BCUT2D eigenvalue weighted by atomic mass is 32.1.